The van der Waals surface area contributed by atoms with E-state index in [1.165, 1.54) is 22.5 Å². The molecular formula is C15H25FN2O2S. The molecule has 0 heterocycles. The summed E-state index contributed by atoms with van der Waals surface area (Å²) in [6.45, 7) is 7.86. The van der Waals surface area contributed by atoms with E-state index in [9.17, 15) is 12.8 Å². The second-order valence-electron chi connectivity index (χ2n) is 5.22. The zero-order chi connectivity index (χ0) is 16.3. The minimum atomic E-state index is -3.71. The van der Waals surface area contributed by atoms with E-state index in [2.05, 4.69) is 0 Å². The Labute approximate surface area is 127 Å². The van der Waals surface area contributed by atoms with Crippen LogP contribution in [0.4, 0.5) is 4.39 Å². The molecule has 0 amide bonds. The summed E-state index contributed by atoms with van der Waals surface area (Å²) in [6.07, 6.45) is 1.26. The lowest BCUT2D eigenvalue weighted by Crippen LogP contribution is -2.55. The van der Waals surface area contributed by atoms with Gasteiger partial charge in [0.1, 0.15) is 5.82 Å². The van der Waals surface area contributed by atoms with Gasteiger partial charge in [0.2, 0.25) is 10.0 Å². The molecule has 6 heteroatoms. The van der Waals surface area contributed by atoms with Crippen molar-refractivity contribution in [2.24, 2.45) is 5.73 Å². The molecule has 0 aliphatic carbocycles. The van der Waals surface area contributed by atoms with Crippen molar-refractivity contribution in [2.45, 2.75) is 51.0 Å². The molecule has 0 saturated carbocycles. The van der Waals surface area contributed by atoms with Crippen LogP contribution in [-0.4, -0.2) is 31.4 Å². The van der Waals surface area contributed by atoms with Crippen LogP contribution in [0.15, 0.2) is 23.1 Å². The molecule has 0 saturated heterocycles. The molecule has 0 unspecified atom stereocenters. The summed E-state index contributed by atoms with van der Waals surface area (Å²) in [5.41, 5.74) is 5.68. The standard InChI is InChI=1S/C15H25FN2O2S/c1-5-15(6-2,11-17)18(7-3)21(19,20)14-9-8-13(16)10-12(14)4/h8-10H,5-7,11,17H2,1-4H3. The summed E-state index contributed by atoms with van der Waals surface area (Å²) in [5.74, 6) is -0.439. The lowest BCUT2D eigenvalue weighted by Gasteiger charge is -2.41. The van der Waals surface area contributed by atoms with Crippen molar-refractivity contribution in [2.75, 3.05) is 13.1 Å². The maximum absolute atomic E-state index is 13.2. The zero-order valence-electron chi connectivity index (χ0n) is 13.2. The number of likely N-dealkylation sites (N-methyl/N-ethyl adjacent to an activating group) is 1. The Morgan fingerprint density at radius 2 is 1.81 bits per heavy atom. The van der Waals surface area contributed by atoms with E-state index in [1.54, 1.807) is 13.8 Å². The molecule has 0 fully saturated rings. The molecule has 4 nitrogen and oxygen atoms in total. The normalized spacial score (nSPS) is 12.9. The number of aryl methyl sites for hydroxylation is 1. The maximum Gasteiger partial charge on any atom is 0.243 e. The summed E-state index contributed by atoms with van der Waals surface area (Å²) in [6, 6.07) is 3.74. The molecule has 1 rings (SSSR count). The van der Waals surface area contributed by atoms with E-state index in [1.807, 2.05) is 13.8 Å². The lowest BCUT2D eigenvalue weighted by atomic mass is 9.93. The Morgan fingerprint density at radius 3 is 2.19 bits per heavy atom. The van der Waals surface area contributed by atoms with Crippen molar-refractivity contribution < 1.29 is 12.8 Å². The smallest absolute Gasteiger partial charge is 0.243 e. The SMILES string of the molecule is CCN(C(CC)(CC)CN)S(=O)(=O)c1ccc(F)cc1C. The fourth-order valence-corrected chi connectivity index (χ4v) is 4.90. The Balaban J connectivity index is 3.44. The average Bonchev–Trinajstić information content (AvgIpc) is 2.44. The van der Waals surface area contributed by atoms with Crippen LogP contribution in [0.3, 0.4) is 0 Å². The van der Waals surface area contributed by atoms with Gasteiger partial charge in [-0.1, -0.05) is 20.8 Å². The van der Waals surface area contributed by atoms with Crippen LogP contribution in [0.5, 0.6) is 0 Å². The first kappa shape index (κ1) is 18.1. The topological polar surface area (TPSA) is 63.4 Å². The third kappa shape index (κ3) is 3.27. The van der Waals surface area contributed by atoms with Crippen molar-refractivity contribution in [1.29, 1.82) is 0 Å². The fraction of sp³-hybridized carbons (Fsp3) is 0.600. The first-order valence-electron chi connectivity index (χ1n) is 7.28. The van der Waals surface area contributed by atoms with Gasteiger partial charge in [-0.3, -0.25) is 0 Å². The fourth-order valence-electron chi connectivity index (χ4n) is 2.77. The molecule has 21 heavy (non-hydrogen) atoms. The summed E-state index contributed by atoms with van der Waals surface area (Å²) < 4.78 is 40.6. The van der Waals surface area contributed by atoms with Crippen molar-refractivity contribution in [1.82, 2.24) is 4.31 Å². The number of halogens is 1. The molecular weight excluding hydrogens is 291 g/mol. The van der Waals surface area contributed by atoms with Crippen molar-refractivity contribution >= 4 is 10.0 Å². The number of rotatable bonds is 7. The van der Waals surface area contributed by atoms with Crippen LogP contribution in [0.25, 0.3) is 0 Å². The highest BCUT2D eigenvalue weighted by Gasteiger charge is 2.40. The molecule has 2 N–H and O–H groups in total. The average molecular weight is 316 g/mol. The van der Waals surface area contributed by atoms with Gasteiger partial charge in [-0.25, -0.2) is 12.8 Å². The van der Waals surface area contributed by atoms with E-state index in [4.69, 9.17) is 5.73 Å². The van der Waals surface area contributed by atoms with E-state index in [-0.39, 0.29) is 11.4 Å². The van der Waals surface area contributed by atoms with Crippen LogP contribution >= 0.6 is 0 Å². The van der Waals surface area contributed by atoms with Crippen molar-refractivity contribution in [3.8, 4) is 0 Å². The molecule has 1 aromatic rings. The van der Waals surface area contributed by atoms with Crippen LogP contribution in [0.2, 0.25) is 0 Å². The predicted molar refractivity (Wildman–Crippen MR) is 83.1 cm³/mol. The number of hydrogen-bond donors (Lipinski definition) is 1. The number of sulfonamides is 1. The highest BCUT2D eigenvalue weighted by atomic mass is 32.2. The molecule has 0 aliphatic rings. The zero-order valence-corrected chi connectivity index (χ0v) is 14.0. The Kier molecular flexibility index (Phi) is 5.90. The van der Waals surface area contributed by atoms with Gasteiger partial charge in [0.25, 0.3) is 0 Å². The first-order valence-corrected chi connectivity index (χ1v) is 8.72. The van der Waals surface area contributed by atoms with Crippen LogP contribution in [0.1, 0.15) is 39.2 Å². The summed E-state index contributed by atoms with van der Waals surface area (Å²) in [5, 5.41) is 0. The highest BCUT2D eigenvalue weighted by molar-refractivity contribution is 7.89. The van der Waals surface area contributed by atoms with E-state index < -0.39 is 21.4 Å². The second-order valence-corrected chi connectivity index (χ2v) is 7.05. The van der Waals surface area contributed by atoms with E-state index >= 15 is 0 Å². The monoisotopic (exact) mass is 316 g/mol. The van der Waals surface area contributed by atoms with Gasteiger partial charge >= 0.3 is 0 Å². The van der Waals surface area contributed by atoms with Gasteiger partial charge in [-0.05, 0) is 43.5 Å². The number of benzene rings is 1. The van der Waals surface area contributed by atoms with Gasteiger partial charge < -0.3 is 5.73 Å². The molecule has 0 aliphatic heterocycles. The van der Waals surface area contributed by atoms with Gasteiger partial charge in [-0.15, -0.1) is 0 Å². The molecule has 0 radical (unpaired) electrons. The van der Waals surface area contributed by atoms with Crippen LogP contribution in [-0.2, 0) is 10.0 Å². The summed E-state index contributed by atoms with van der Waals surface area (Å²) >= 11 is 0. The molecule has 0 spiro atoms. The molecule has 0 aromatic heterocycles. The Morgan fingerprint density at radius 1 is 1.24 bits per heavy atom. The largest absolute Gasteiger partial charge is 0.329 e. The van der Waals surface area contributed by atoms with Gasteiger partial charge in [-0.2, -0.15) is 4.31 Å². The minimum Gasteiger partial charge on any atom is -0.329 e. The number of nitrogens with two attached hydrogens (primary N) is 1. The molecule has 120 valence electrons. The van der Waals surface area contributed by atoms with Crippen LogP contribution in [0, 0.1) is 12.7 Å². The molecule has 0 bridgehead atoms. The van der Waals surface area contributed by atoms with Crippen LogP contribution < -0.4 is 5.73 Å². The molecule has 0 atom stereocenters. The highest BCUT2D eigenvalue weighted by Crippen LogP contribution is 2.31. The lowest BCUT2D eigenvalue weighted by molar-refractivity contribution is 0.184. The van der Waals surface area contributed by atoms with Gasteiger partial charge in [0.15, 0.2) is 0 Å². The maximum atomic E-state index is 13.2. The number of nitrogens with zero attached hydrogens (tertiary/aromatic N) is 1. The van der Waals surface area contributed by atoms with E-state index in [0.29, 0.717) is 24.9 Å². The summed E-state index contributed by atoms with van der Waals surface area (Å²) in [7, 11) is -3.71. The number of hydrogen-bond acceptors (Lipinski definition) is 3. The van der Waals surface area contributed by atoms with Crippen molar-refractivity contribution in [3.05, 3.63) is 29.6 Å². The second kappa shape index (κ2) is 6.85. The third-order valence-corrected chi connectivity index (χ3v) is 6.46. The third-order valence-electron chi connectivity index (χ3n) is 4.22. The quantitative estimate of drug-likeness (QED) is 0.841. The van der Waals surface area contributed by atoms with Crippen molar-refractivity contribution in [3.63, 3.8) is 0 Å². The molecule has 1 aromatic carbocycles. The summed E-state index contributed by atoms with van der Waals surface area (Å²) in [4.78, 5) is 0.144. The van der Waals surface area contributed by atoms with Gasteiger partial charge in [0, 0.05) is 18.6 Å². The first-order chi connectivity index (χ1) is 9.78. The Bertz CT molecular complexity index is 575. The van der Waals surface area contributed by atoms with Gasteiger partial charge in [0.05, 0.1) is 4.90 Å². The predicted octanol–water partition coefficient (Wildman–Crippen LogP) is 2.66. The Hall–Kier alpha value is -0.980. The minimum absolute atomic E-state index is 0.144. The van der Waals surface area contributed by atoms with E-state index in [0.717, 1.165) is 0 Å².